The summed E-state index contributed by atoms with van der Waals surface area (Å²) in [5, 5.41) is 0. The Labute approximate surface area is 58.6 Å². The molecule has 0 saturated carbocycles. The van der Waals surface area contributed by atoms with Crippen LogP contribution < -0.4 is 5.73 Å². The summed E-state index contributed by atoms with van der Waals surface area (Å²) in [6.45, 7) is 0. The molecular formula is C3H4N2O2S2. The number of carbonyl (C=O) groups excluding carboxylic acids is 2. The summed E-state index contributed by atoms with van der Waals surface area (Å²) in [6.07, 6.45) is -0.181. The highest BCUT2D eigenvalue weighted by molar-refractivity contribution is 7.77. The second-order valence-corrected chi connectivity index (χ2v) is 3.60. The van der Waals surface area contributed by atoms with Gasteiger partial charge in [0.1, 0.15) is 6.42 Å². The molecule has 0 atom stereocenters. The SMILES string of the molecule is NC(=O)CC(=O)n1ss1. The van der Waals surface area contributed by atoms with Gasteiger partial charge in [-0.05, 0) is 0 Å². The molecule has 6 heteroatoms. The zero-order valence-electron chi connectivity index (χ0n) is 4.36. The first-order valence-electron chi connectivity index (χ1n) is 2.16. The molecular weight excluding hydrogens is 160 g/mol. The third-order valence-corrected chi connectivity index (χ3v) is 2.28. The van der Waals surface area contributed by atoms with Crippen molar-refractivity contribution in [2.45, 2.75) is 6.42 Å². The molecule has 2 N–H and O–H groups in total. The monoisotopic (exact) mass is 164 g/mol. The molecule has 1 aromatic heterocycles. The lowest BCUT2D eigenvalue weighted by Gasteiger charge is -1.85. The van der Waals surface area contributed by atoms with Gasteiger partial charge in [0, 0.05) is 21.1 Å². The number of aromatic nitrogens is 1. The van der Waals surface area contributed by atoms with Crippen molar-refractivity contribution < 1.29 is 9.59 Å². The van der Waals surface area contributed by atoms with Crippen molar-refractivity contribution in [1.82, 2.24) is 3.35 Å². The first-order chi connectivity index (χ1) is 4.20. The van der Waals surface area contributed by atoms with E-state index in [1.807, 2.05) is 0 Å². The predicted molar refractivity (Wildman–Crippen MR) is 34.6 cm³/mol. The average molecular weight is 164 g/mol. The maximum absolute atomic E-state index is 10.6. The first kappa shape index (κ1) is 6.50. The summed E-state index contributed by atoms with van der Waals surface area (Å²) < 4.78 is 1.41. The molecule has 1 rings (SSSR count). The van der Waals surface area contributed by atoms with Crippen LogP contribution in [0.25, 0.3) is 0 Å². The molecule has 9 heavy (non-hydrogen) atoms. The maximum Gasteiger partial charge on any atom is 0.260 e. The average Bonchev–Trinajstić information content (AvgIpc) is 2.40. The van der Waals surface area contributed by atoms with E-state index >= 15 is 0 Å². The highest BCUT2D eigenvalue weighted by Gasteiger charge is 2.12. The minimum absolute atomic E-state index is 0.181. The number of carbonyl (C=O) groups is 2. The zero-order valence-corrected chi connectivity index (χ0v) is 6.00. The third-order valence-electron chi connectivity index (χ3n) is 0.678. The van der Waals surface area contributed by atoms with Crippen LogP contribution in [0.15, 0.2) is 0 Å². The largest absolute Gasteiger partial charge is 0.369 e. The van der Waals surface area contributed by atoms with E-state index in [9.17, 15) is 9.59 Å². The molecule has 0 bridgehead atoms. The van der Waals surface area contributed by atoms with Gasteiger partial charge in [-0.3, -0.25) is 9.59 Å². The summed E-state index contributed by atoms with van der Waals surface area (Å²) in [4.78, 5) is 20.7. The van der Waals surface area contributed by atoms with Crippen molar-refractivity contribution in [3.05, 3.63) is 0 Å². The van der Waals surface area contributed by atoms with Crippen molar-refractivity contribution in [2.24, 2.45) is 5.73 Å². The number of hydrogen-bond donors (Lipinski definition) is 1. The molecule has 0 fully saturated rings. The second-order valence-electron chi connectivity index (χ2n) is 1.44. The lowest BCUT2D eigenvalue weighted by Crippen LogP contribution is -2.17. The van der Waals surface area contributed by atoms with Gasteiger partial charge in [-0.1, -0.05) is 0 Å². The Hall–Kier alpha value is -0.620. The molecule has 0 aromatic carbocycles. The molecule has 1 heterocycles. The van der Waals surface area contributed by atoms with Crippen molar-refractivity contribution in [2.75, 3.05) is 0 Å². The Kier molecular flexibility index (Phi) is 1.68. The number of amides is 1. The summed E-state index contributed by atoms with van der Waals surface area (Å²) in [7, 11) is 2.62. The van der Waals surface area contributed by atoms with Crippen molar-refractivity contribution >= 4 is 32.9 Å². The van der Waals surface area contributed by atoms with Gasteiger partial charge >= 0.3 is 0 Å². The highest BCUT2D eigenvalue weighted by atomic mass is 33.0. The Morgan fingerprint density at radius 3 is 2.33 bits per heavy atom. The molecule has 0 spiro atoms. The van der Waals surface area contributed by atoms with E-state index in [1.54, 1.807) is 0 Å². The fraction of sp³-hybridized carbons (Fsp3) is 0.333. The van der Waals surface area contributed by atoms with E-state index in [2.05, 4.69) is 0 Å². The Morgan fingerprint density at radius 2 is 2.00 bits per heavy atom. The van der Waals surface area contributed by atoms with E-state index in [1.165, 1.54) is 24.4 Å². The second kappa shape index (κ2) is 2.32. The third kappa shape index (κ3) is 1.98. The molecule has 0 aliphatic carbocycles. The number of nitrogens with two attached hydrogens (primary N) is 1. The summed E-state index contributed by atoms with van der Waals surface area (Å²) in [6, 6.07) is 0. The van der Waals surface area contributed by atoms with Crippen LogP contribution in [0.4, 0.5) is 0 Å². The lowest BCUT2D eigenvalue weighted by molar-refractivity contribution is -0.117. The Balaban J connectivity index is 2.39. The van der Waals surface area contributed by atoms with Crippen LogP contribution in [0.3, 0.4) is 0 Å². The standard InChI is InChI=1S/C3H4N2O2S2/c4-2(6)1-3(7)5-8-9-5/h1H2,(H2,4,6). The molecule has 0 radical (unpaired) electrons. The zero-order chi connectivity index (χ0) is 6.85. The van der Waals surface area contributed by atoms with E-state index in [-0.39, 0.29) is 12.3 Å². The van der Waals surface area contributed by atoms with Gasteiger partial charge in [0.15, 0.2) is 0 Å². The van der Waals surface area contributed by atoms with Gasteiger partial charge in [-0.25, -0.2) is 0 Å². The molecule has 1 aromatic rings. The quantitative estimate of drug-likeness (QED) is 0.498. The minimum Gasteiger partial charge on any atom is -0.369 e. The fourth-order valence-electron chi connectivity index (χ4n) is 0.313. The normalized spacial score (nSPS) is 9.78. The van der Waals surface area contributed by atoms with Crippen molar-refractivity contribution in [3.8, 4) is 0 Å². The van der Waals surface area contributed by atoms with Crippen LogP contribution in [0, 0.1) is 0 Å². The smallest absolute Gasteiger partial charge is 0.260 e. The number of nitrogens with zero attached hydrogens (tertiary/aromatic N) is 1. The van der Waals surface area contributed by atoms with Crippen LogP contribution in [0.2, 0.25) is 0 Å². The van der Waals surface area contributed by atoms with Crippen LogP contribution in [-0.4, -0.2) is 15.2 Å². The summed E-state index contributed by atoms with van der Waals surface area (Å²) in [5.41, 5.74) is 4.75. The number of rotatable bonds is 2. The fourth-order valence-corrected chi connectivity index (χ4v) is 1.24. The molecule has 0 unspecified atom stereocenters. The van der Waals surface area contributed by atoms with Gasteiger partial charge in [-0.2, -0.15) is 3.35 Å². The van der Waals surface area contributed by atoms with E-state index in [0.717, 1.165) is 0 Å². The van der Waals surface area contributed by atoms with Gasteiger partial charge in [0.25, 0.3) is 5.91 Å². The summed E-state index contributed by atoms with van der Waals surface area (Å²) >= 11 is 0. The molecule has 0 aliphatic rings. The minimum atomic E-state index is -0.576. The van der Waals surface area contributed by atoms with Crippen LogP contribution in [0.5, 0.6) is 0 Å². The van der Waals surface area contributed by atoms with Crippen LogP contribution in [-0.2, 0) is 4.79 Å². The molecule has 50 valence electrons. The lowest BCUT2D eigenvalue weighted by atomic mass is 10.4. The number of hydrogen-bond acceptors (Lipinski definition) is 4. The van der Waals surface area contributed by atoms with E-state index < -0.39 is 5.91 Å². The van der Waals surface area contributed by atoms with Gasteiger partial charge in [0.05, 0.1) is 0 Å². The Bertz CT molecular complexity index is 212. The first-order valence-corrected chi connectivity index (χ1v) is 4.22. The topological polar surface area (TPSA) is 65.1 Å². The van der Waals surface area contributed by atoms with Gasteiger partial charge < -0.3 is 5.73 Å². The summed E-state index contributed by atoms with van der Waals surface area (Å²) in [5.74, 6) is -0.800. The highest BCUT2D eigenvalue weighted by Crippen LogP contribution is 2.17. The molecule has 4 nitrogen and oxygen atoms in total. The maximum atomic E-state index is 10.6. The predicted octanol–water partition coefficient (Wildman–Crippen LogP) is 0.127. The van der Waals surface area contributed by atoms with E-state index in [4.69, 9.17) is 5.73 Å². The molecule has 0 aliphatic heterocycles. The molecule has 1 amide bonds. The van der Waals surface area contributed by atoms with Crippen LogP contribution in [0.1, 0.15) is 11.2 Å². The van der Waals surface area contributed by atoms with E-state index in [0.29, 0.717) is 0 Å². The Morgan fingerprint density at radius 1 is 1.44 bits per heavy atom. The van der Waals surface area contributed by atoms with Crippen molar-refractivity contribution in [1.29, 1.82) is 0 Å². The van der Waals surface area contributed by atoms with Gasteiger partial charge in [-0.15, -0.1) is 0 Å². The van der Waals surface area contributed by atoms with Crippen LogP contribution >= 0.6 is 21.1 Å². The molecule has 0 saturated heterocycles. The van der Waals surface area contributed by atoms with Crippen molar-refractivity contribution in [3.63, 3.8) is 0 Å². The van der Waals surface area contributed by atoms with Gasteiger partial charge in [0.2, 0.25) is 5.91 Å². The number of primary amides is 1.